The highest BCUT2D eigenvalue weighted by Crippen LogP contribution is 2.23. The fourth-order valence-corrected chi connectivity index (χ4v) is 2.39. The minimum absolute atomic E-state index is 0.212. The average Bonchev–Trinajstić information content (AvgIpc) is 2.32. The molecule has 0 saturated heterocycles. The zero-order valence-corrected chi connectivity index (χ0v) is 13.2. The Bertz CT molecular complexity index is 382. The van der Waals surface area contributed by atoms with Crippen molar-refractivity contribution in [2.75, 3.05) is 12.4 Å². The van der Waals surface area contributed by atoms with Gasteiger partial charge in [-0.15, -0.1) is 11.6 Å². The second kappa shape index (κ2) is 7.46. The van der Waals surface area contributed by atoms with Crippen molar-refractivity contribution in [2.45, 2.75) is 33.2 Å². The quantitative estimate of drug-likeness (QED) is 0.710. The van der Waals surface area contributed by atoms with E-state index >= 15 is 0 Å². The Morgan fingerprint density at radius 3 is 2.78 bits per heavy atom. The maximum Gasteiger partial charge on any atom is 0.137 e. The summed E-state index contributed by atoms with van der Waals surface area (Å²) >= 11 is 8.98. The summed E-state index contributed by atoms with van der Waals surface area (Å²) in [6.07, 6.45) is 2.12. The Hall–Kier alpha value is -0.120. The molecule has 0 amide bonds. The first-order valence-corrected chi connectivity index (χ1v) is 7.48. The van der Waals surface area contributed by atoms with E-state index < -0.39 is 0 Å². The largest absolute Gasteiger partial charge is 0.312 e. The highest BCUT2D eigenvalue weighted by Gasteiger charge is 2.16. The van der Waals surface area contributed by atoms with Gasteiger partial charge >= 0.3 is 0 Å². The third-order valence-corrected chi connectivity index (χ3v) is 4.09. The van der Waals surface area contributed by atoms with Gasteiger partial charge in [-0.25, -0.2) is 4.39 Å². The summed E-state index contributed by atoms with van der Waals surface area (Å²) in [5.74, 6) is 0.495. The highest BCUT2D eigenvalue weighted by atomic mass is 79.9. The summed E-state index contributed by atoms with van der Waals surface area (Å²) in [7, 11) is 0. The zero-order valence-electron chi connectivity index (χ0n) is 10.9. The summed E-state index contributed by atoms with van der Waals surface area (Å²) < 4.78 is 13.9. The van der Waals surface area contributed by atoms with Gasteiger partial charge in [0.2, 0.25) is 0 Å². The van der Waals surface area contributed by atoms with Crippen LogP contribution in [0.5, 0.6) is 0 Å². The fraction of sp³-hybridized carbons (Fsp3) is 0.571. The Morgan fingerprint density at radius 2 is 2.11 bits per heavy atom. The van der Waals surface area contributed by atoms with Crippen molar-refractivity contribution < 1.29 is 4.39 Å². The minimum atomic E-state index is -0.212. The van der Waals surface area contributed by atoms with Crippen LogP contribution in [-0.4, -0.2) is 12.4 Å². The molecule has 1 aromatic rings. The van der Waals surface area contributed by atoms with Gasteiger partial charge in [-0.05, 0) is 45.8 Å². The van der Waals surface area contributed by atoms with Crippen LogP contribution in [0.3, 0.4) is 0 Å². The SMILES string of the molecule is CC(C)(CCCCl)CNCc1cccc(F)c1Br. The van der Waals surface area contributed by atoms with Crippen LogP contribution in [0.25, 0.3) is 0 Å². The van der Waals surface area contributed by atoms with Gasteiger partial charge in [0.1, 0.15) is 5.82 Å². The third-order valence-electron chi connectivity index (χ3n) is 2.94. The molecule has 1 aromatic carbocycles. The molecule has 0 radical (unpaired) electrons. The summed E-state index contributed by atoms with van der Waals surface area (Å²) in [4.78, 5) is 0. The molecular weight excluding hydrogens is 317 g/mol. The molecule has 18 heavy (non-hydrogen) atoms. The summed E-state index contributed by atoms with van der Waals surface area (Å²) in [5.41, 5.74) is 1.16. The van der Waals surface area contributed by atoms with E-state index in [1.165, 1.54) is 6.07 Å². The molecular formula is C14H20BrClFN. The normalized spacial score (nSPS) is 11.8. The molecule has 0 aliphatic carbocycles. The lowest BCUT2D eigenvalue weighted by molar-refractivity contribution is 0.311. The molecule has 4 heteroatoms. The van der Waals surface area contributed by atoms with E-state index in [2.05, 4.69) is 35.1 Å². The zero-order chi connectivity index (χ0) is 13.6. The molecule has 0 atom stereocenters. The predicted octanol–water partition coefficient (Wildman–Crippen LogP) is 4.72. The summed E-state index contributed by atoms with van der Waals surface area (Å²) in [5, 5.41) is 3.38. The van der Waals surface area contributed by atoms with E-state index in [-0.39, 0.29) is 11.2 Å². The number of halogens is 3. The molecule has 0 heterocycles. The topological polar surface area (TPSA) is 12.0 Å². The van der Waals surface area contributed by atoms with E-state index in [1.54, 1.807) is 6.07 Å². The van der Waals surface area contributed by atoms with E-state index in [4.69, 9.17) is 11.6 Å². The first-order chi connectivity index (χ1) is 8.46. The van der Waals surface area contributed by atoms with Crippen molar-refractivity contribution in [3.8, 4) is 0 Å². The van der Waals surface area contributed by atoms with Gasteiger partial charge in [0.15, 0.2) is 0 Å². The van der Waals surface area contributed by atoms with Crippen molar-refractivity contribution in [2.24, 2.45) is 5.41 Å². The minimum Gasteiger partial charge on any atom is -0.312 e. The van der Waals surface area contributed by atoms with Crippen LogP contribution in [-0.2, 0) is 6.54 Å². The average molecular weight is 337 g/mol. The standard InChI is InChI=1S/C14H20BrClFN/c1-14(2,7-4-8-16)10-18-9-11-5-3-6-12(17)13(11)15/h3,5-6,18H,4,7-10H2,1-2H3. The molecule has 1 N–H and O–H groups in total. The molecule has 0 aliphatic rings. The van der Waals surface area contributed by atoms with Crippen LogP contribution in [0, 0.1) is 11.2 Å². The maximum atomic E-state index is 13.3. The lowest BCUT2D eigenvalue weighted by Gasteiger charge is -2.24. The van der Waals surface area contributed by atoms with Gasteiger partial charge in [-0.1, -0.05) is 26.0 Å². The van der Waals surface area contributed by atoms with Gasteiger partial charge in [-0.2, -0.15) is 0 Å². The molecule has 102 valence electrons. The smallest absolute Gasteiger partial charge is 0.137 e. The number of alkyl halides is 1. The number of hydrogen-bond donors (Lipinski definition) is 1. The van der Waals surface area contributed by atoms with Crippen molar-refractivity contribution >= 4 is 27.5 Å². The van der Waals surface area contributed by atoms with Crippen LogP contribution >= 0.6 is 27.5 Å². The molecule has 0 bridgehead atoms. The van der Waals surface area contributed by atoms with Crippen molar-refractivity contribution in [3.05, 3.63) is 34.1 Å². The Labute approximate surface area is 122 Å². The molecule has 0 spiro atoms. The monoisotopic (exact) mass is 335 g/mol. The van der Waals surface area contributed by atoms with Crippen LogP contribution in [0.1, 0.15) is 32.3 Å². The second-order valence-electron chi connectivity index (χ2n) is 5.27. The first kappa shape index (κ1) is 15.9. The van der Waals surface area contributed by atoms with Gasteiger partial charge in [0.05, 0.1) is 4.47 Å². The molecule has 0 aromatic heterocycles. The summed E-state index contributed by atoms with van der Waals surface area (Å²) in [6, 6.07) is 5.11. The van der Waals surface area contributed by atoms with E-state index in [1.807, 2.05) is 6.07 Å². The van der Waals surface area contributed by atoms with Crippen molar-refractivity contribution in [3.63, 3.8) is 0 Å². The third kappa shape index (κ3) is 5.25. The van der Waals surface area contributed by atoms with Crippen molar-refractivity contribution in [1.82, 2.24) is 5.32 Å². The lowest BCUT2D eigenvalue weighted by atomic mass is 9.88. The number of nitrogens with one attached hydrogen (secondary N) is 1. The molecule has 0 unspecified atom stereocenters. The van der Waals surface area contributed by atoms with Gasteiger partial charge in [-0.3, -0.25) is 0 Å². The van der Waals surface area contributed by atoms with E-state index in [0.29, 0.717) is 16.9 Å². The van der Waals surface area contributed by atoms with E-state index in [9.17, 15) is 4.39 Å². The second-order valence-corrected chi connectivity index (χ2v) is 6.44. The Morgan fingerprint density at radius 1 is 1.39 bits per heavy atom. The number of hydrogen-bond acceptors (Lipinski definition) is 1. The van der Waals surface area contributed by atoms with Crippen LogP contribution in [0.2, 0.25) is 0 Å². The van der Waals surface area contributed by atoms with Crippen molar-refractivity contribution in [1.29, 1.82) is 0 Å². The van der Waals surface area contributed by atoms with Crippen LogP contribution in [0.4, 0.5) is 4.39 Å². The van der Waals surface area contributed by atoms with Gasteiger partial charge in [0.25, 0.3) is 0 Å². The molecule has 0 saturated carbocycles. The summed E-state index contributed by atoms with van der Waals surface area (Å²) in [6.45, 7) is 6.00. The first-order valence-electron chi connectivity index (χ1n) is 6.16. The fourth-order valence-electron chi connectivity index (χ4n) is 1.85. The number of rotatable bonds is 7. The molecule has 1 nitrogen and oxygen atoms in total. The Balaban J connectivity index is 2.44. The Kier molecular flexibility index (Phi) is 6.61. The highest BCUT2D eigenvalue weighted by molar-refractivity contribution is 9.10. The van der Waals surface area contributed by atoms with Crippen LogP contribution < -0.4 is 5.32 Å². The van der Waals surface area contributed by atoms with Gasteiger partial charge in [0, 0.05) is 19.0 Å². The van der Waals surface area contributed by atoms with E-state index in [0.717, 1.165) is 24.9 Å². The predicted molar refractivity (Wildman–Crippen MR) is 79.5 cm³/mol. The maximum absolute atomic E-state index is 13.3. The number of benzene rings is 1. The molecule has 0 fully saturated rings. The van der Waals surface area contributed by atoms with Gasteiger partial charge < -0.3 is 5.32 Å². The lowest BCUT2D eigenvalue weighted by Crippen LogP contribution is -2.29. The molecule has 0 aliphatic heterocycles. The van der Waals surface area contributed by atoms with Crippen LogP contribution in [0.15, 0.2) is 22.7 Å². The molecule has 1 rings (SSSR count).